The van der Waals surface area contributed by atoms with Gasteiger partial charge in [-0.15, -0.1) is 0 Å². The highest BCUT2D eigenvalue weighted by Gasteiger charge is 2.40. The molecule has 0 aromatic rings. The number of alkyl halides is 3. The Labute approximate surface area is 103 Å². The Morgan fingerprint density at radius 2 is 2.28 bits per heavy atom. The lowest BCUT2D eigenvalue weighted by Crippen LogP contribution is -2.42. The molecule has 1 amide bonds. The molecule has 0 spiro atoms. The summed E-state index contributed by atoms with van der Waals surface area (Å²) in [4.78, 5) is 12.6. The van der Waals surface area contributed by atoms with Gasteiger partial charge in [0.15, 0.2) is 0 Å². The number of amides is 1. The highest BCUT2D eigenvalue weighted by Crippen LogP contribution is 2.27. The first-order chi connectivity index (χ1) is 8.36. The molecule has 8 heteroatoms. The van der Waals surface area contributed by atoms with E-state index in [0.717, 1.165) is 0 Å². The molecule has 1 aliphatic heterocycles. The number of hydrogen-bond acceptors (Lipinski definition) is 4. The zero-order chi connectivity index (χ0) is 13.8. The number of nitrogens with two attached hydrogens (primary N) is 1. The van der Waals surface area contributed by atoms with Gasteiger partial charge in [-0.2, -0.15) is 13.2 Å². The molecule has 1 fully saturated rings. The summed E-state index contributed by atoms with van der Waals surface area (Å²) in [5, 5.41) is 2.57. The predicted octanol–water partition coefficient (Wildman–Crippen LogP) is 0.554. The van der Waals surface area contributed by atoms with E-state index in [1.54, 1.807) is 4.90 Å². The molecule has 0 aliphatic carbocycles. The van der Waals surface area contributed by atoms with Gasteiger partial charge >= 0.3 is 12.3 Å². The number of nitrogens with one attached hydrogen (secondary N) is 1. The highest BCUT2D eigenvalue weighted by molar-refractivity contribution is 5.67. The third-order valence-corrected chi connectivity index (χ3v) is 3.01. The summed E-state index contributed by atoms with van der Waals surface area (Å²) >= 11 is 0. The van der Waals surface area contributed by atoms with Gasteiger partial charge in [0, 0.05) is 32.2 Å². The molecule has 0 bridgehead atoms. The van der Waals surface area contributed by atoms with Crippen molar-refractivity contribution in [2.24, 2.45) is 11.7 Å². The minimum Gasteiger partial charge on any atom is -0.453 e. The molecule has 2 unspecified atom stereocenters. The van der Waals surface area contributed by atoms with Crippen molar-refractivity contribution in [1.29, 1.82) is 0 Å². The molecule has 0 saturated carbocycles. The number of carbonyl (C=O) groups is 1. The van der Waals surface area contributed by atoms with Crippen LogP contribution < -0.4 is 11.1 Å². The maximum atomic E-state index is 12.5. The Morgan fingerprint density at radius 3 is 2.78 bits per heavy atom. The first-order valence-corrected chi connectivity index (χ1v) is 5.70. The van der Waals surface area contributed by atoms with Crippen LogP contribution in [-0.4, -0.2) is 56.5 Å². The second kappa shape index (κ2) is 6.24. The van der Waals surface area contributed by atoms with Gasteiger partial charge in [0.25, 0.3) is 0 Å². The molecule has 18 heavy (non-hydrogen) atoms. The van der Waals surface area contributed by atoms with Gasteiger partial charge in [0.05, 0.1) is 13.0 Å². The lowest BCUT2D eigenvalue weighted by Gasteiger charge is -2.24. The Hall–Kier alpha value is -1.02. The molecule has 106 valence electrons. The zero-order valence-corrected chi connectivity index (χ0v) is 10.2. The SMILES string of the molecule is COC(=O)NC1CCN(CC(CN)C(F)(F)F)C1. The summed E-state index contributed by atoms with van der Waals surface area (Å²) in [7, 11) is 1.25. The van der Waals surface area contributed by atoms with E-state index >= 15 is 0 Å². The molecule has 0 radical (unpaired) electrons. The fourth-order valence-electron chi connectivity index (χ4n) is 1.97. The number of likely N-dealkylation sites (tertiary alicyclic amines) is 1. The molecule has 1 heterocycles. The van der Waals surface area contributed by atoms with Crippen LogP contribution in [0.5, 0.6) is 0 Å². The van der Waals surface area contributed by atoms with Crippen molar-refractivity contribution in [3.05, 3.63) is 0 Å². The number of alkyl carbamates (subject to hydrolysis) is 1. The second-order valence-electron chi connectivity index (χ2n) is 4.36. The van der Waals surface area contributed by atoms with Crippen molar-refractivity contribution in [3.8, 4) is 0 Å². The maximum Gasteiger partial charge on any atom is 0.407 e. The van der Waals surface area contributed by atoms with Crippen LogP contribution in [0.3, 0.4) is 0 Å². The van der Waals surface area contributed by atoms with E-state index < -0.39 is 24.7 Å². The fraction of sp³-hybridized carbons (Fsp3) is 0.900. The van der Waals surface area contributed by atoms with Crippen LogP contribution in [0.25, 0.3) is 0 Å². The van der Waals surface area contributed by atoms with E-state index in [2.05, 4.69) is 10.1 Å². The Morgan fingerprint density at radius 1 is 1.61 bits per heavy atom. The Bertz CT molecular complexity index is 286. The molecule has 0 aromatic heterocycles. The third-order valence-electron chi connectivity index (χ3n) is 3.01. The molecule has 1 saturated heterocycles. The minimum atomic E-state index is -4.28. The van der Waals surface area contributed by atoms with Crippen molar-refractivity contribution < 1.29 is 22.7 Å². The lowest BCUT2D eigenvalue weighted by atomic mass is 10.1. The summed E-state index contributed by atoms with van der Waals surface area (Å²) < 4.78 is 42.1. The molecule has 2 atom stereocenters. The molecule has 1 rings (SSSR count). The Kier molecular flexibility index (Phi) is 5.21. The number of rotatable bonds is 4. The molecular weight excluding hydrogens is 251 g/mol. The van der Waals surface area contributed by atoms with Crippen molar-refractivity contribution in [1.82, 2.24) is 10.2 Å². The number of hydrogen-bond donors (Lipinski definition) is 2. The zero-order valence-electron chi connectivity index (χ0n) is 10.2. The highest BCUT2D eigenvalue weighted by atomic mass is 19.4. The number of nitrogens with zero attached hydrogens (tertiary/aromatic N) is 1. The van der Waals surface area contributed by atoms with Crippen molar-refractivity contribution in [2.45, 2.75) is 18.6 Å². The van der Waals surface area contributed by atoms with Crippen molar-refractivity contribution in [2.75, 3.05) is 33.3 Å². The van der Waals surface area contributed by atoms with Crippen LogP contribution in [0.1, 0.15) is 6.42 Å². The van der Waals surface area contributed by atoms with E-state index in [9.17, 15) is 18.0 Å². The van der Waals surface area contributed by atoms with Crippen molar-refractivity contribution in [3.63, 3.8) is 0 Å². The van der Waals surface area contributed by atoms with Gasteiger partial charge in [-0.3, -0.25) is 0 Å². The number of ether oxygens (including phenoxy) is 1. The number of carbonyl (C=O) groups excluding carboxylic acids is 1. The van der Waals surface area contributed by atoms with Crippen LogP contribution in [0.4, 0.5) is 18.0 Å². The topological polar surface area (TPSA) is 67.6 Å². The van der Waals surface area contributed by atoms with Gasteiger partial charge < -0.3 is 20.7 Å². The smallest absolute Gasteiger partial charge is 0.407 e. The summed E-state index contributed by atoms with van der Waals surface area (Å²) in [5.41, 5.74) is 5.14. The molecular formula is C10H18F3N3O2. The molecule has 3 N–H and O–H groups in total. The molecule has 5 nitrogen and oxygen atoms in total. The summed E-state index contributed by atoms with van der Waals surface area (Å²) in [6.45, 7) is 0.359. The van der Waals surface area contributed by atoms with E-state index in [1.807, 2.05) is 0 Å². The number of halogens is 3. The van der Waals surface area contributed by atoms with E-state index in [0.29, 0.717) is 19.5 Å². The molecule has 0 aromatic carbocycles. The summed E-state index contributed by atoms with van der Waals surface area (Å²) in [6, 6.07) is -0.163. The van der Waals surface area contributed by atoms with Gasteiger partial charge in [-0.25, -0.2) is 4.79 Å². The van der Waals surface area contributed by atoms with Crippen molar-refractivity contribution >= 4 is 6.09 Å². The van der Waals surface area contributed by atoms with Crippen LogP contribution >= 0.6 is 0 Å². The predicted molar refractivity (Wildman–Crippen MR) is 59.0 cm³/mol. The van der Waals surface area contributed by atoms with E-state index in [-0.39, 0.29) is 12.6 Å². The van der Waals surface area contributed by atoms with Crippen LogP contribution in [0, 0.1) is 5.92 Å². The van der Waals surface area contributed by atoms with Crippen LogP contribution in [-0.2, 0) is 4.74 Å². The van der Waals surface area contributed by atoms with Crippen LogP contribution in [0.15, 0.2) is 0 Å². The monoisotopic (exact) mass is 269 g/mol. The second-order valence-corrected chi connectivity index (χ2v) is 4.36. The van der Waals surface area contributed by atoms with Gasteiger partial charge in [0.1, 0.15) is 0 Å². The maximum absolute atomic E-state index is 12.5. The largest absolute Gasteiger partial charge is 0.453 e. The Balaban J connectivity index is 2.40. The van der Waals surface area contributed by atoms with Gasteiger partial charge in [-0.1, -0.05) is 0 Å². The first-order valence-electron chi connectivity index (χ1n) is 5.70. The average molecular weight is 269 g/mol. The van der Waals surface area contributed by atoms with Gasteiger partial charge in [-0.05, 0) is 6.42 Å². The third kappa shape index (κ3) is 4.34. The quantitative estimate of drug-likeness (QED) is 0.782. The minimum absolute atomic E-state index is 0.126. The number of methoxy groups -OCH3 is 1. The lowest BCUT2D eigenvalue weighted by molar-refractivity contribution is -0.175. The summed E-state index contributed by atoms with van der Waals surface area (Å²) in [5.74, 6) is -1.52. The van der Waals surface area contributed by atoms with Gasteiger partial charge in [0.2, 0.25) is 0 Å². The normalized spacial score (nSPS) is 22.8. The molecule has 1 aliphatic rings. The van der Waals surface area contributed by atoms with E-state index in [4.69, 9.17) is 5.73 Å². The van der Waals surface area contributed by atoms with E-state index in [1.165, 1.54) is 7.11 Å². The average Bonchev–Trinajstić information content (AvgIpc) is 2.71. The standard InChI is InChI=1S/C10H18F3N3O2/c1-18-9(17)15-8-2-3-16(6-8)5-7(4-14)10(11,12)13/h7-8H,2-6,14H2,1H3,(H,15,17). The first kappa shape index (κ1) is 15.0. The van der Waals surface area contributed by atoms with Crippen LogP contribution in [0.2, 0.25) is 0 Å². The fourth-order valence-corrected chi connectivity index (χ4v) is 1.97. The summed E-state index contributed by atoms with van der Waals surface area (Å²) in [6.07, 6.45) is -4.22.